The predicted octanol–water partition coefficient (Wildman–Crippen LogP) is 3.47. The van der Waals surface area contributed by atoms with Crippen molar-refractivity contribution in [2.24, 2.45) is 0 Å². The summed E-state index contributed by atoms with van der Waals surface area (Å²) in [5.74, 6) is 0.883. The number of methoxy groups -OCH3 is 1. The average molecular weight is 264 g/mol. The Morgan fingerprint density at radius 3 is 2.53 bits per heavy atom. The maximum Gasteiger partial charge on any atom is 0.119 e. The second-order valence-electron chi connectivity index (χ2n) is 5.26. The minimum Gasteiger partial charge on any atom is -0.490 e. The van der Waals surface area contributed by atoms with Gasteiger partial charge in [0.05, 0.1) is 12.2 Å². The van der Waals surface area contributed by atoms with Gasteiger partial charge < -0.3 is 14.6 Å². The molecule has 0 heterocycles. The maximum absolute atomic E-state index is 9.75. The van der Waals surface area contributed by atoms with Crippen molar-refractivity contribution in [3.05, 3.63) is 29.8 Å². The first kappa shape index (κ1) is 14.4. The van der Waals surface area contributed by atoms with Gasteiger partial charge in [-0.05, 0) is 43.4 Å². The van der Waals surface area contributed by atoms with Gasteiger partial charge in [0.15, 0.2) is 0 Å². The Hall–Kier alpha value is -1.06. The third kappa shape index (κ3) is 3.95. The molecule has 1 saturated carbocycles. The molecule has 0 radical (unpaired) electrons. The molecule has 1 aliphatic carbocycles. The van der Waals surface area contributed by atoms with Gasteiger partial charge in [-0.2, -0.15) is 0 Å². The summed E-state index contributed by atoms with van der Waals surface area (Å²) in [5, 5.41) is 9.75. The lowest BCUT2D eigenvalue weighted by atomic mass is 9.95. The maximum atomic E-state index is 9.75. The number of ether oxygens (including phenoxy) is 2. The topological polar surface area (TPSA) is 38.7 Å². The van der Waals surface area contributed by atoms with Crippen LogP contribution in [0.15, 0.2) is 24.3 Å². The standard InChI is InChI=1S/C16H24O3/c1-3-16(17)12-7-9-13(10-8-12)19-15-6-4-5-14(11-15)18-2/h7-10,14-17H,3-6,11H2,1-2H3. The molecule has 0 amide bonds. The van der Waals surface area contributed by atoms with Crippen LogP contribution >= 0.6 is 0 Å². The van der Waals surface area contributed by atoms with Crippen molar-refractivity contribution < 1.29 is 14.6 Å². The Kier molecular flexibility index (Phi) is 5.23. The van der Waals surface area contributed by atoms with Crippen LogP contribution in [0.25, 0.3) is 0 Å². The van der Waals surface area contributed by atoms with Gasteiger partial charge in [-0.15, -0.1) is 0 Å². The van der Waals surface area contributed by atoms with Gasteiger partial charge in [0, 0.05) is 13.5 Å². The van der Waals surface area contributed by atoms with Crippen LogP contribution in [0.2, 0.25) is 0 Å². The molecule has 1 aromatic carbocycles. The smallest absolute Gasteiger partial charge is 0.119 e. The summed E-state index contributed by atoms with van der Waals surface area (Å²) >= 11 is 0. The minimum atomic E-state index is -0.374. The lowest BCUT2D eigenvalue weighted by Crippen LogP contribution is -2.29. The van der Waals surface area contributed by atoms with Gasteiger partial charge in [-0.25, -0.2) is 0 Å². The van der Waals surface area contributed by atoms with Crippen molar-refractivity contribution in [2.75, 3.05) is 7.11 Å². The molecular formula is C16H24O3. The lowest BCUT2D eigenvalue weighted by molar-refractivity contribution is 0.0209. The molecule has 0 aliphatic heterocycles. The fourth-order valence-electron chi connectivity index (χ4n) is 2.62. The van der Waals surface area contributed by atoms with Crippen LogP contribution in [0.3, 0.4) is 0 Å². The summed E-state index contributed by atoms with van der Waals surface area (Å²) < 4.78 is 11.4. The van der Waals surface area contributed by atoms with E-state index in [1.807, 2.05) is 31.2 Å². The van der Waals surface area contributed by atoms with Crippen LogP contribution in [-0.2, 0) is 4.74 Å². The van der Waals surface area contributed by atoms with E-state index in [1.54, 1.807) is 7.11 Å². The van der Waals surface area contributed by atoms with Gasteiger partial charge in [0.25, 0.3) is 0 Å². The van der Waals surface area contributed by atoms with E-state index in [1.165, 1.54) is 0 Å². The van der Waals surface area contributed by atoms with E-state index in [-0.39, 0.29) is 12.2 Å². The molecule has 0 aromatic heterocycles. The van der Waals surface area contributed by atoms with Crippen molar-refractivity contribution in [3.8, 4) is 5.75 Å². The molecule has 3 heteroatoms. The summed E-state index contributed by atoms with van der Waals surface area (Å²) in [6, 6.07) is 7.79. The Labute approximate surface area is 115 Å². The molecule has 1 N–H and O–H groups in total. The Morgan fingerprint density at radius 2 is 1.89 bits per heavy atom. The molecule has 106 valence electrons. The van der Waals surface area contributed by atoms with E-state index >= 15 is 0 Å². The Balaban J connectivity index is 1.92. The zero-order chi connectivity index (χ0) is 13.7. The fourth-order valence-corrected chi connectivity index (χ4v) is 2.62. The molecule has 0 saturated heterocycles. The summed E-state index contributed by atoms with van der Waals surface area (Å²) in [4.78, 5) is 0. The first-order chi connectivity index (χ1) is 9.22. The van der Waals surface area contributed by atoms with Crippen LogP contribution in [0.1, 0.15) is 50.7 Å². The van der Waals surface area contributed by atoms with Gasteiger partial charge in [0.2, 0.25) is 0 Å². The highest BCUT2D eigenvalue weighted by atomic mass is 16.5. The quantitative estimate of drug-likeness (QED) is 0.885. The summed E-state index contributed by atoms with van der Waals surface area (Å²) in [6.07, 6.45) is 5.31. The summed E-state index contributed by atoms with van der Waals surface area (Å²) in [5.41, 5.74) is 0.952. The van der Waals surface area contributed by atoms with E-state index in [2.05, 4.69) is 0 Å². The monoisotopic (exact) mass is 264 g/mol. The largest absolute Gasteiger partial charge is 0.490 e. The summed E-state index contributed by atoms with van der Waals surface area (Å²) in [7, 11) is 1.77. The van der Waals surface area contributed by atoms with Gasteiger partial charge in [-0.3, -0.25) is 0 Å². The molecule has 0 bridgehead atoms. The lowest BCUT2D eigenvalue weighted by Gasteiger charge is -2.28. The highest BCUT2D eigenvalue weighted by Crippen LogP contribution is 2.26. The van der Waals surface area contributed by atoms with Gasteiger partial charge in [-0.1, -0.05) is 19.1 Å². The number of rotatable bonds is 5. The number of aliphatic hydroxyl groups is 1. The normalized spacial score (nSPS) is 25.0. The molecule has 2 rings (SSSR count). The molecule has 1 aliphatic rings. The third-order valence-corrected chi connectivity index (χ3v) is 3.87. The molecule has 0 spiro atoms. The predicted molar refractivity (Wildman–Crippen MR) is 75.4 cm³/mol. The molecule has 1 aromatic rings. The second kappa shape index (κ2) is 6.92. The third-order valence-electron chi connectivity index (χ3n) is 3.87. The fraction of sp³-hybridized carbons (Fsp3) is 0.625. The SMILES string of the molecule is CCC(O)c1ccc(OC2CCCC(OC)C2)cc1. The van der Waals surface area contributed by atoms with Gasteiger partial charge in [0.1, 0.15) is 11.9 Å². The van der Waals surface area contributed by atoms with Crippen molar-refractivity contribution in [1.29, 1.82) is 0 Å². The van der Waals surface area contributed by atoms with E-state index in [9.17, 15) is 5.11 Å². The van der Waals surface area contributed by atoms with Crippen LogP contribution in [0.5, 0.6) is 5.75 Å². The molecule has 3 unspecified atom stereocenters. The second-order valence-corrected chi connectivity index (χ2v) is 5.26. The van der Waals surface area contributed by atoms with Crippen molar-refractivity contribution in [3.63, 3.8) is 0 Å². The van der Waals surface area contributed by atoms with E-state index in [0.717, 1.165) is 43.4 Å². The Morgan fingerprint density at radius 1 is 1.21 bits per heavy atom. The van der Waals surface area contributed by atoms with E-state index in [4.69, 9.17) is 9.47 Å². The zero-order valence-electron chi connectivity index (χ0n) is 11.8. The number of hydrogen-bond acceptors (Lipinski definition) is 3. The molecule has 3 atom stereocenters. The van der Waals surface area contributed by atoms with Gasteiger partial charge >= 0.3 is 0 Å². The highest BCUT2D eigenvalue weighted by Gasteiger charge is 2.23. The summed E-state index contributed by atoms with van der Waals surface area (Å²) in [6.45, 7) is 1.97. The van der Waals surface area contributed by atoms with Crippen molar-refractivity contribution in [1.82, 2.24) is 0 Å². The number of benzene rings is 1. The minimum absolute atomic E-state index is 0.251. The number of aliphatic hydroxyl groups excluding tert-OH is 1. The van der Waals surface area contributed by atoms with Crippen LogP contribution < -0.4 is 4.74 Å². The van der Waals surface area contributed by atoms with Crippen LogP contribution in [0.4, 0.5) is 0 Å². The zero-order valence-corrected chi connectivity index (χ0v) is 11.8. The van der Waals surface area contributed by atoms with E-state index in [0.29, 0.717) is 6.10 Å². The average Bonchev–Trinajstić information content (AvgIpc) is 2.47. The highest BCUT2D eigenvalue weighted by molar-refractivity contribution is 5.28. The first-order valence-electron chi connectivity index (χ1n) is 7.20. The Bertz CT molecular complexity index is 374. The van der Waals surface area contributed by atoms with Crippen LogP contribution in [-0.4, -0.2) is 24.4 Å². The van der Waals surface area contributed by atoms with Crippen molar-refractivity contribution >= 4 is 0 Å². The molecular weight excluding hydrogens is 240 g/mol. The van der Waals surface area contributed by atoms with Crippen molar-refractivity contribution in [2.45, 2.75) is 57.3 Å². The first-order valence-corrected chi connectivity index (χ1v) is 7.20. The molecule has 3 nitrogen and oxygen atoms in total. The molecule has 19 heavy (non-hydrogen) atoms. The molecule has 1 fully saturated rings. The number of hydrogen-bond donors (Lipinski definition) is 1. The van der Waals surface area contributed by atoms with Crippen LogP contribution in [0, 0.1) is 0 Å². The van der Waals surface area contributed by atoms with E-state index < -0.39 is 0 Å².